The molecule has 1 heterocycles. The van der Waals surface area contributed by atoms with Crippen LogP contribution in [0.5, 0.6) is 0 Å². The van der Waals surface area contributed by atoms with E-state index in [9.17, 15) is 4.79 Å². The molecule has 0 saturated carbocycles. The fourth-order valence-electron chi connectivity index (χ4n) is 2.80. The molecule has 4 nitrogen and oxygen atoms in total. The lowest BCUT2D eigenvalue weighted by Crippen LogP contribution is -1.99. The van der Waals surface area contributed by atoms with Crippen LogP contribution < -0.4 is 0 Å². The number of benzene rings is 2. The normalized spacial score (nSPS) is 12.0. The van der Waals surface area contributed by atoms with Gasteiger partial charge in [-0.25, -0.2) is 4.79 Å². The van der Waals surface area contributed by atoms with Crippen molar-refractivity contribution >= 4 is 33.5 Å². The summed E-state index contributed by atoms with van der Waals surface area (Å²) in [6, 6.07) is 14.6. The Morgan fingerprint density at radius 2 is 1.82 bits per heavy atom. The molecule has 0 amide bonds. The van der Waals surface area contributed by atoms with Crippen molar-refractivity contribution in [3.8, 4) is 0 Å². The summed E-state index contributed by atoms with van der Waals surface area (Å²) >= 11 is 0. The van der Waals surface area contributed by atoms with Crippen molar-refractivity contribution in [2.75, 3.05) is 0 Å². The minimum atomic E-state index is -0.414. The maximum Gasteiger partial charge on any atom is 0.331 e. The van der Waals surface area contributed by atoms with E-state index >= 15 is 0 Å². The molecule has 0 aliphatic carbocycles. The van der Waals surface area contributed by atoms with E-state index in [2.05, 4.69) is 47.0 Å². The van der Waals surface area contributed by atoms with Crippen molar-refractivity contribution in [1.82, 2.24) is 4.57 Å². The third-order valence-electron chi connectivity index (χ3n) is 3.82. The number of hydrogen-bond acceptors (Lipinski definition) is 3. The zero-order chi connectivity index (χ0) is 15.7. The molecule has 0 aliphatic heterocycles. The molecule has 2 aromatic carbocycles. The van der Waals surface area contributed by atoms with Crippen molar-refractivity contribution in [3.05, 3.63) is 48.0 Å². The van der Waals surface area contributed by atoms with Gasteiger partial charge in [-0.2, -0.15) is 0 Å². The average molecular weight is 294 g/mol. The maximum absolute atomic E-state index is 10.9. The lowest BCUT2D eigenvalue weighted by Gasteiger charge is -2.04. The van der Waals surface area contributed by atoms with Gasteiger partial charge in [0.05, 0.1) is 5.71 Å². The third-order valence-corrected chi connectivity index (χ3v) is 3.82. The maximum atomic E-state index is 10.9. The number of para-hydroxylation sites is 1. The van der Waals surface area contributed by atoms with Crippen LogP contribution in [0.1, 0.15) is 26.3 Å². The monoisotopic (exact) mass is 294 g/mol. The number of rotatable bonds is 3. The first kappa shape index (κ1) is 14.3. The Kier molecular flexibility index (Phi) is 3.67. The number of oxime groups is 1. The molecule has 1 aromatic heterocycles. The van der Waals surface area contributed by atoms with Crippen molar-refractivity contribution < 1.29 is 9.63 Å². The van der Waals surface area contributed by atoms with Crippen LogP contribution in [0, 0.1) is 0 Å². The van der Waals surface area contributed by atoms with E-state index in [1.165, 1.54) is 28.7 Å². The molecule has 0 N–H and O–H groups in total. The number of aryl methyl sites for hydroxylation is 1. The topological polar surface area (TPSA) is 43.6 Å². The molecule has 3 rings (SSSR count). The first-order valence-electron chi connectivity index (χ1n) is 7.35. The first-order chi connectivity index (χ1) is 10.6. The third kappa shape index (κ3) is 2.37. The Bertz CT molecular complexity index is 891. The highest BCUT2D eigenvalue weighted by atomic mass is 16.7. The second kappa shape index (κ2) is 5.64. The summed E-state index contributed by atoms with van der Waals surface area (Å²) in [4.78, 5) is 15.6. The summed E-state index contributed by atoms with van der Waals surface area (Å²) in [5, 5.41) is 6.28. The predicted molar refractivity (Wildman–Crippen MR) is 89.1 cm³/mol. The SMILES string of the molecule is CCn1c2ccccc2c2cc(C(C)=NOC(C)=O)ccc21. The fourth-order valence-corrected chi connectivity index (χ4v) is 2.80. The number of hydrogen-bond donors (Lipinski definition) is 0. The Morgan fingerprint density at radius 3 is 2.55 bits per heavy atom. The summed E-state index contributed by atoms with van der Waals surface area (Å²) in [7, 11) is 0. The second-order valence-corrected chi connectivity index (χ2v) is 5.25. The first-order valence-corrected chi connectivity index (χ1v) is 7.35. The Balaban J connectivity index is 2.20. The van der Waals surface area contributed by atoms with Crippen molar-refractivity contribution in [2.24, 2.45) is 5.16 Å². The second-order valence-electron chi connectivity index (χ2n) is 5.25. The van der Waals surface area contributed by atoms with Crippen molar-refractivity contribution in [1.29, 1.82) is 0 Å². The molecule has 0 atom stereocenters. The van der Waals surface area contributed by atoms with E-state index in [0.29, 0.717) is 5.71 Å². The summed E-state index contributed by atoms with van der Waals surface area (Å²) < 4.78 is 2.30. The molecule has 0 unspecified atom stereocenters. The van der Waals surface area contributed by atoms with Crippen LogP contribution in [0.4, 0.5) is 0 Å². The number of carbonyl (C=O) groups is 1. The minimum Gasteiger partial charge on any atom is -0.341 e. The molecule has 0 bridgehead atoms. The molecule has 0 spiro atoms. The molecule has 0 saturated heterocycles. The van der Waals surface area contributed by atoms with E-state index in [-0.39, 0.29) is 0 Å². The van der Waals surface area contributed by atoms with E-state index in [4.69, 9.17) is 4.84 Å². The van der Waals surface area contributed by atoms with Gasteiger partial charge in [0.1, 0.15) is 0 Å². The highest BCUT2D eigenvalue weighted by Crippen LogP contribution is 2.29. The molecule has 112 valence electrons. The zero-order valence-electron chi connectivity index (χ0n) is 13.0. The van der Waals surface area contributed by atoms with Gasteiger partial charge in [-0.15, -0.1) is 0 Å². The summed E-state index contributed by atoms with van der Waals surface area (Å²) in [6.45, 7) is 6.25. The summed E-state index contributed by atoms with van der Waals surface area (Å²) in [5.41, 5.74) is 4.07. The average Bonchev–Trinajstić information content (AvgIpc) is 2.85. The van der Waals surface area contributed by atoms with Crippen LogP contribution in [0.15, 0.2) is 47.6 Å². The van der Waals surface area contributed by atoms with Gasteiger partial charge < -0.3 is 9.40 Å². The fraction of sp³-hybridized carbons (Fsp3) is 0.222. The van der Waals surface area contributed by atoms with Gasteiger partial charge in [-0.3, -0.25) is 0 Å². The zero-order valence-corrected chi connectivity index (χ0v) is 13.0. The highest BCUT2D eigenvalue weighted by Gasteiger charge is 2.10. The van der Waals surface area contributed by atoms with Gasteiger partial charge in [0.15, 0.2) is 0 Å². The minimum absolute atomic E-state index is 0.414. The van der Waals surface area contributed by atoms with Crippen molar-refractivity contribution in [3.63, 3.8) is 0 Å². The number of nitrogens with zero attached hydrogens (tertiary/aromatic N) is 2. The van der Waals surface area contributed by atoms with E-state index in [1.807, 2.05) is 19.1 Å². The van der Waals surface area contributed by atoms with Crippen LogP contribution >= 0.6 is 0 Å². The summed E-state index contributed by atoms with van der Waals surface area (Å²) in [6.07, 6.45) is 0. The molecule has 22 heavy (non-hydrogen) atoms. The Morgan fingerprint density at radius 1 is 1.09 bits per heavy atom. The largest absolute Gasteiger partial charge is 0.341 e. The standard InChI is InChI=1S/C18H18N2O2/c1-4-20-17-8-6-5-7-15(17)16-11-14(9-10-18(16)20)12(2)19-22-13(3)21/h5-11H,4H2,1-3H3. The smallest absolute Gasteiger partial charge is 0.331 e. The quantitative estimate of drug-likeness (QED) is 0.414. The van der Waals surface area contributed by atoms with Gasteiger partial charge in [0.25, 0.3) is 0 Å². The van der Waals surface area contributed by atoms with Gasteiger partial charge in [0.2, 0.25) is 0 Å². The predicted octanol–water partition coefficient (Wildman–Crippen LogP) is 4.10. The van der Waals surface area contributed by atoms with Gasteiger partial charge in [-0.1, -0.05) is 29.4 Å². The van der Waals surface area contributed by atoms with Crippen LogP contribution in [0.2, 0.25) is 0 Å². The lowest BCUT2D eigenvalue weighted by molar-refractivity contribution is -0.140. The molecule has 0 radical (unpaired) electrons. The van der Waals surface area contributed by atoms with Crippen LogP contribution in [0.3, 0.4) is 0 Å². The Hall–Kier alpha value is -2.62. The van der Waals surface area contributed by atoms with E-state index in [0.717, 1.165) is 12.1 Å². The van der Waals surface area contributed by atoms with Gasteiger partial charge in [-0.05, 0) is 37.6 Å². The lowest BCUT2D eigenvalue weighted by atomic mass is 10.1. The molecule has 3 aromatic rings. The van der Waals surface area contributed by atoms with Gasteiger partial charge in [0, 0.05) is 35.3 Å². The van der Waals surface area contributed by atoms with E-state index in [1.54, 1.807) is 0 Å². The highest BCUT2D eigenvalue weighted by molar-refractivity contribution is 6.11. The number of aromatic nitrogens is 1. The molecule has 0 aliphatic rings. The molecule has 0 fully saturated rings. The number of carbonyl (C=O) groups excluding carboxylic acids is 1. The Labute approximate surface area is 129 Å². The molecular formula is C18H18N2O2. The van der Waals surface area contributed by atoms with Crippen LogP contribution in [-0.2, 0) is 16.2 Å². The molecule has 4 heteroatoms. The molecular weight excluding hydrogens is 276 g/mol. The van der Waals surface area contributed by atoms with Gasteiger partial charge >= 0.3 is 5.97 Å². The van der Waals surface area contributed by atoms with E-state index < -0.39 is 5.97 Å². The van der Waals surface area contributed by atoms with Crippen molar-refractivity contribution in [2.45, 2.75) is 27.3 Å². The number of fused-ring (bicyclic) bond motifs is 3. The summed E-state index contributed by atoms with van der Waals surface area (Å²) in [5.74, 6) is -0.414. The van der Waals surface area contributed by atoms with Crippen LogP contribution in [-0.4, -0.2) is 16.2 Å². The van der Waals surface area contributed by atoms with Crippen LogP contribution in [0.25, 0.3) is 21.8 Å².